The van der Waals surface area contributed by atoms with Crippen LogP contribution in [-0.4, -0.2) is 102 Å². The number of ether oxygens (including phenoxy) is 2. The van der Waals surface area contributed by atoms with Crippen LogP contribution in [0.25, 0.3) is 11.1 Å². The van der Waals surface area contributed by atoms with Crippen LogP contribution >= 0.6 is 0 Å². The molecule has 2 heterocycles. The molecule has 38 heavy (non-hydrogen) atoms. The van der Waals surface area contributed by atoms with Gasteiger partial charge in [-0.15, -0.1) is 0 Å². The van der Waals surface area contributed by atoms with Gasteiger partial charge >= 0.3 is 0 Å². The number of aliphatic hydroxyl groups is 8. The number of benzene rings is 2. The van der Waals surface area contributed by atoms with E-state index in [1.54, 1.807) is 18.2 Å². The maximum atomic E-state index is 10.3. The Kier molecular flexibility index (Phi) is 8.52. The van der Waals surface area contributed by atoms with Gasteiger partial charge < -0.3 is 50.3 Å². The van der Waals surface area contributed by atoms with Crippen molar-refractivity contribution in [2.24, 2.45) is 0 Å². The topological polar surface area (TPSA) is 180 Å². The monoisotopic (exact) mass is 526 g/mol. The zero-order chi connectivity index (χ0) is 27.5. The Bertz CT molecular complexity index is 1240. The number of aliphatic hydroxyl groups excluding tert-OH is 5. The first kappa shape index (κ1) is 28.2. The lowest BCUT2D eigenvalue weighted by atomic mass is 9.94. The summed E-state index contributed by atoms with van der Waals surface area (Å²) in [6.07, 6.45) is -7.67. The largest absolute Gasteiger partial charge is 0.394 e. The minimum atomic E-state index is -2.60. The molecule has 0 bridgehead atoms. The summed E-state index contributed by atoms with van der Waals surface area (Å²) in [5.41, 5.74) is 2.66. The molecule has 8 N–H and O–H groups in total. The molecule has 10 heteroatoms. The van der Waals surface area contributed by atoms with E-state index >= 15 is 0 Å². The Morgan fingerprint density at radius 2 is 1.61 bits per heavy atom. The molecule has 0 radical (unpaired) electrons. The van der Waals surface area contributed by atoms with Crippen molar-refractivity contribution in [1.82, 2.24) is 0 Å². The van der Waals surface area contributed by atoms with Crippen molar-refractivity contribution in [3.63, 3.8) is 0 Å². The van der Waals surface area contributed by atoms with Crippen LogP contribution in [0.4, 0.5) is 0 Å². The summed E-state index contributed by atoms with van der Waals surface area (Å²) in [7, 11) is 0. The molecule has 4 rings (SSSR count). The van der Waals surface area contributed by atoms with Gasteiger partial charge in [0.1, 0.15) is 43.2 Å². The summed E-state index contributed by atoms with van der Waals surface area (Å²) in [6, 6.07) is 14.5. The standard InChI is InChI=1S/C28H30O10/c29-15-23-25(32)26(33)24(31)22(37-23)11-9-19-8-6-17(14-21(19)18-4-2-1-3-5-18)7-10-20-12-13-27(34,35)28(36,16-30)38-20/h1-6,8,14,20,22-26,29-36H,12-13,15-16H2/t20-,22+,23+,24+,25+,26+,28+/m0/s1. The van der Waals surface area contributed by atoms with Gasteiger partial charge in [-0.3, -0.25) is 0 Å². The van der Waals surface area contributed by atoms with Crippen LogP contribution in [-0.2, 0) is 9.47 Å². The Labute approximate surface area is 219 Å². The van der Waals surface area contributed by atoms with Crippen molar-refractivity contribution in [2.75, 3.05) is 13.2 Å². The van der Waals surface area contributed by atoms with E-state index in [-0.39, 0.29) is 12.8 Å². The van der Waals surface area contributed by atoms with Crippen LogP contribution in [0.1, 0.15) is 24.0 Å². The quantitative estimate of drug-likeness (QED) is 0.172. The van der Waals surface area contributed by atoms with Gasteiger partial charge in [-0.1, -0.05) is 54.0 Å². The fraction of sp³-hybridized carbons (Fsp3) is 0.429. The molecule has 7 atom stereocenters. The maximum Gasteiger partial charge on any atom is 0.246 e. The summed E-state index contributed by atoms with van der Waals surface area (Å²) in [5.74, 6) is 6.37. The Balaban J connectivity index is 1.63. The van der Waals surface area contributed by atoms with Crippen LogP contribution in [0.5, 0.6) is 0 Å². The highest BCUT2D eigenvalue weighted by Crippen LogP contribution is 2.34. The van der Waals surface area contributed by atoms with Crippen molar-refractivity contribution >= 4 is 0 Å². The van der Waals surface area contributed by atoms with Crippen LogP contribution in [0, 0.1) is 23.7 Å². The van der Waals surface area contributed by atoms with E-state index in [9.17, 15) is 40.9 Å². The normalized spacial score (nSPS) is 32.4. The second kappa shape index (κ2) is 11.5. The molecule has 0 aliphatic carbocycles. The van der Waals surface area contributed by atoms with Gasteiger partial charge in [0.15, 0.2) is 0 Å². The summed E-state index contributed by atoms with van der Waals surface area (Å²) in [5, 5.41) is 79.1. The molecule has 202 valence electrons. The molecule has 2 aliphatic heterocycles. The van der Waals surface area contributed by atoms with Gasteiger partial charge in [-0.05, 0) is 35.7 Å². The van der Waals surface area contributed by atoms with Crippen molar-refractivity contribution in [3.8, 4) is 34.8 Å². The molecule has 2 aliphatic rings. The SMILES string of the molecule is OC[C@H]1O[C@H](C#Cc2ccc(C#C[C@H]3CCC(O)(O)[C@@](O)(CO)O3)cc2-c2ccccc2)[C@@H](O)[C@@H](O)[C@@H]1O. The molecule has 0 amide bonds. The van der Waals surface area contributed by atoms with E-state index in [1.807, 2.05) is 30.3 Å². The summed E-state index contributed by atoms with van der Waals surface area (Å²) in [6.45, 7) is -1.57. The van der Waals surface area contributed by atoms with Gasteiger partial charge in [0, 0.05) is 17.5 Å². The van der Waals surface area contributed by atoms with Gasteiger partial charge in [0.05, 0.1) is 6.61 Å². The zero-order valence-electron chi connectivity index (χ0n) is 20.3. The first-order chi connectivity index (χ1) is 18.1. The average molecular weight is 527 g/mol. The molecule has 0 unspecified atom stereocenters. The Hall–Kier alpha value is -2.84. The Morgan fingerprint density at radius 1 is 0.868 bits per heavy atom. The van der Waals surface area contributed by atoms with Crippen molar-refractivity contribution in [3.05, 3.63) is 59.7 Å². The predicted octanol–water partition coefficient (Wildman–Crippen LogP) is -1.56. The highest BCUT2D eigenvalue weighted by Gasteiger charge is 2.53. The lowest BCUT2D eigenvalue weighted by Gasteiger charge is -2.43. The Morgan fingerprint density at radius 3 is 2.29 bits per heavy atom. The van der Waals surface area contributed by atoms with Gasteiger partial charge in [-0.2, -0.15) is 0 Å². The highest BCUT2D eigenvalue weighted by atomic mass is 16.7. The lowest BCUT2D eigenvalue weighted by Crippen LogP contribution is -2.62. The van der Waals surface area contributed by atoms with Gasteiger partial charge in [0.2, 0.25) is 11.6 Å². The van der Waals surface area contributed by atoms with E-state index in [4.69, 9.17) is 9.47 Å². The van der Waals surface area contributed by atoms with E-state index in [0.29, 0.717) is 16.7 Å². The highest BCUT2D eigenvalue weighted by molar-refractivity contribution is 5.73. The molecule has 2 aromatic rings. The third kappa shape index (κ3) is 5.76. The second-order valence-corrected chi connectivity index (χ2v) is 9.32. The molecule has 2 saturated heterocycles. The fourth-order valence-electron chi connectivity index (χ4n) is 4.30. The summed E-state index contributed by atoms with van der Waals surface area (Å²) in [4.78, 5) is 0. The van der Waals surface area contributed by atoms with E-state index < -0.39 is 61.4 Å². The van der Waals surface area contributed by atoms with E-state index in [2.05, 4.69) is 23.7 Å². The molecule has 0 aromatic heterocycles. The third-order valence-electron chi connectivity index (χ3n) is 6.66. The lowest BCUT2D eigenvalue weighted by molar-refractivity contribution is -0.406. The van der Waals surface area contributed by atoms with E-state index in [1.165, 1.54) is 0 Å². The fourth-order valence-corrected chi connectivity index (χ4v) is 4.30. The van der Waals surface area contributed by atoms with Crippen molar-refractivity contribution in [1.29, 1.82) is 0 Å². The number of rotatable bonds is 3. The van der Waals surface area contributed by atoms with Gasteiger partial charge in [-0.25, -0.2) is 0 Å². The predicted molar refractivity (Wildman–Crippen MR) is 133 cm³/mol. The molecule has 10 nitrogen and oxygen atoms in total. The molecule has 2 aromatic carbocycles. The zero-order valence-corrected chi connectivity index (χ0v) is 20.3. The minimum absolute atomic E-state index is 0.122. The van der Waals surface area contributed by atoms with Gasteiger partial charge in [0.25, 0.3) is 0 Å². The van der Waals surface area contributed by atoms with Crippen LogP contribution in [0.3, 0.4) is 0 Å². The molecular weight excluding hydrogens is 496 g/mol. The number of hydrogen-bond acceptors (Lipinski definition) is 10. The molecule has 0 saturated carbocycles. The first-order valence-electron chi connectivity index (χ1n) is 12.1. The minimum Gasteiger partial charge on any atom is -0.394 e. The van der Waals surface area contributed by atoms with Crippen LogP contribution < -0.4 is 0 Å². The molecule has 0 spiro atoms. The number of hydrogen-bond donors (Lipinski definition) is 8. The maximum absolute atomic E-state index is 10.3. The average Bonchev–Trinajstić information content (AvgIpc) is 2.93. The summed E-state index contributed by atoms with van der Waals surface area (Å²) >= 11 is 0. The van der Waals surface area contributed by atoms with Crippen molar-refractivity contribution in [2.45, 2.75) is 61.0 Å². The van der Waals surface area contributed by atoms with Crippen LogP contribution in [0.15, 0.2) is 48.5 Å². The molecule has 2 fully saturated rings. The van der Waals surface area contributed by atoms with E-state index in [0.717, 1.165) is 5.56 Å². The van der Waals surface area contributed by atoms with Crippen molar-refractivity contribution < 1.29 is 50.3 Å². The second-order valence-electron chi connectivity index (χ2n) is 9.32. The smallest absolute Gasteiger partial charge is 0.246 e. The first-order valence-corrected chi connectivity index (χ1v) is 12.1. The third-order valence-corrected chi connectivity index (χ3v) is 6.66. The van der Waals surface area contributed by atoms with Crippen LogP contribution in [0.2, 0.25) is 0 Å². The molecular formula is C28H30O10. The summed E-state index contributed by atoms with van der Waals surface area (Å²) < 4.78 is 10.7.